The lowest BCUT2D eigenvalue weighted by Gasteiger charge is -2.17. The van der Waals surface area contributed by atoms with Gasteiger partial charge in [-0.05, 0) is 43.7 Å². The zero-order valence-electron chi connectivity index (χ0n) is 18.8. The first-order valence-electron chi connectivity index (χ1n) is 10.9. The molecule has 4 heterocycles. The minimum absolute atomic E-state index is 0.573. The molecule has 3 N–H and O–H groups in total. The number of pyridine rings is 1. The molecular weight excluding hydrogens is 482 g/mol. The van der Waals surface area contributed by atoms with Crippen molar-refractivity contribution >= 4 is 50.3 Å². The maximum absolute atomic E-state index is 10.2. The van der Waals surface area contributed by atoms with Crippen LogP contribution in [0.5, 0.6) is 0 Å². The molecule has 6 aromatic rings. The van der Waals surface area contributed by atoms with Gasteiger partial charge in [0.2, 0.25) is 5.13 Å². The number of imidazole rings is 1. The fourth-order valence-electron chi connectivity index (χ4n) is 3.95. The number of anilines is 2. The molecule has 0 aliphatic heterocycles. The summed E-state index contributed by atoms with van der Waals surface area (Å²) in [5, 5.41) is 31.9. The van der Waals surface area contributed by atoms with Gasteiger partial charge in [-0.2, -0.15) is 5.10 Å². The molecule has 2 aromatic carbocycles. The molecule has 0 spiro atoms. The van der Waals surface area contributed by atoms with E-state index in [1.807, 2.05) is 65.3 Å². The van der Waals surface area contributed by atoms with Crippen LogP contribution in [-0.2, 0) is 5.60 Å². The van der Waals surface area contributed by atoms with Crippen LogP contribution in [0.4, 0.5) is 10.8 Å². The van der Waals surface area contributed by atoms with Crippen LogP contribution >= 0.6 is 22.9 Å². The van der Waals surface area contributed by atoms with Crippen molar-refractivity contribution in [2.45, 2.75) is 19.4 Å². The van der Waals surface area contributed by atoms with Gasteiger partial charge in [0.1, 0.15) is 5.65 Å². The van der Waals surface area contributed by atoms with Gasteiger partial charge in [-0.15, -0.1) is 10.2 Å². The van der Waals surface area contributed by atoms with E-state index < -0.39 is 5.60 Å². The molecule has 0 aliphatic carbocycles. The van der Waals surface area contributed by atoms with Crippen LogP contribution in [0.25, 0.3) is 38.4 Å². The van der Waals surface area contributed by atoms with Crippen molar-refractivity contribution in [3.8, 4) is 21.8 Å². The molecular formula is C25H20ClN7OS. The van der Waals surface area contributed by atoms with Crippen molar-refractivity contribution in [3.05, 3.63) is 77.7 Å². The standard InChI is InChI=1S/C25H20ClN7OS/c1-25(2,34)15-7-5-14(6-8-15)20-13-33-11-3-4-16(22(33)28-20)23-31-32-24(35-23)29-19-10-9-18-17(21(19)26)12-27-30-18/h3-13,34H,1-2H3,(H,27,30)(H,29,32). The van der Waals surface area contributed by atoms with Gasteiger partial charge in [0.05, 0.1) is 39.3 Å². The Labute approximate surface area is 209 Å². The third-order valence-corrected chi connectivity index (χ3v) is 7.10. The van der Waals surface area contributed by atoms with E-state index in [-0.39, 0.29) is 0 Å². The quantitative estimate of drug-likeness (QED) is 0.267. The summed E-state index contributed by atoms with van der Waals surface area (Å²) in [5.74, 6) is 0. The second kappa shape index (κ2) is 8.16. The molecule has 8 nitrogen and oxygen atoms in total. The van der Waals surface area contributed by atoms with Crippen molar-refractivity contribution in [3.63, 3.8) is 0 Å². The summed E-state index contributed by atoms with van der Waals surface area (Å²) in [7, 11) is 0. The predicted molar refractivity (Wildman–Crippen MR) is 139 cm³/mol. The van der Waals surface area contributed by atoms with Crippen LogP contribution in [-0.4, -0.2) is 34.9 Å². The fourth-order valence-corrected chi connectivity index (χ4v) is 4.98. The third kappa shape index (κ3) is 3.93. The third-order valence-electron chi connectivity index (χ3n) is 5.83. The van der Waals surface area contributed by atoms with E-state index in [1.165, 1.54) is 11.3 Å². The van der Waals surface area contributed by atoms with Crippen LogP contribution in [0, 0.1) is 0 Å². The first kappa shape index (κ1) is 21.7. The number of H-pyrrole nitrogens is 1. The second-order valence-electron chi connectivity index (χ2n) is 8.71. The molecule has 0 unspecified atom stereocenters. The number of nitrogens with one attached hydrogen (secondary N) is 2. The van der Waals surface area contributed by atoms with Gasteiger partial charge in [0, 0.05) is 23.3 Å². The molecule has 0 saturated carbocycles. The van der Waals surface area contributed by atoms with E-state index >= 15 is 0 Å². The fraction of sp³-hybridized carbons (Fsp3) is 0.120. The minimum atomic E-state index is -0.886. The van der Waals surface area contributed by atoms with Gasteiger partial charge in [0.25, 0.3) is 0 Å². The number of halogens is 1. The molecule has 174 valence electrons. The zero-order chi connectivity index (χ0) is 24.2. The highest BCUT2D eigenvalue weighted by molar-refractivity contribution is 7.18. The van der Waals surface area contributed by atoms with Crippen molar-refractivity contribution in [2.75, 3.05) is 5.32 Å². The van der Waals surface area contributed by atoms with Crippen LogP contribution < -0.4 is 5.32 Å². The highest BCUT2D eigenvalue weighted by atomic mass is 35.5. The number of benzene rings is 2. The van der Waals surface area contributed by atoms with Crippen LogP contribution in [0.15, 0.2) is 67.1 Å². The van der Waals surface area contributed by atoms with Crippen molar-refractivity contribution in [1.29, 1.82) is 0 Å². The van der Waals surface area contributed by atoms with Crippen LogP contribution in [0.2, 0.25) is 5.02 Å². The monoisotopic (exact) mass is 501 g/mol. The molecule has 6 rings (SSSR count). The number of hydrogen-bond acceptors (Lipinski definition) is 7. The SMILES string of the molecule is CC(C)(O)c1ccc(-c2cn3cccc(-c4nnc(Nc5ccc6[nH]ncc6c5Cl)s4)c3n2)cc1. The summed E-state index contributed by atoms with van der Waals surface area (Å²) in [5.41, 5.74) is 5.05. The first-order chi connectivity index (χ1) is 16.9. The molecule has 0 radical (unpaired) electrons. The first-order valence-corrected chi connectivity index (χ1v) is 12.1. The Bertz CT molecular complexity index is 1680. The summed E-state index contributed by atoms with van der Waals surface area (Å²) >= 11 is 7.96. The molecule has 0 atom stereocenters. The summed E-state index contributed by atoms with van der Waals surface area (Å²) in [6.07, 6.45) is 5.64. The number of nitrogens with zero attached hydrogens (tertiary/aromatic N) is 5. The van der Waals surface area contributed by atoms with Gasteiger partial charge >= 0.3 is 0 Å². The zero-order valence-corrected chi connectivity index (χ0v) is 20.4. The van der Waals surface area contributed by atoms with E-state index in [9.17, 15) is 5.11 Å². The highest BCUT2D eigenvalue weighted by Crippen LogP contribution is 2.35. The lowest BCUT2D eigenvalue weighted by molar-refractivity contribution is 0.0786. The van der Waals surface area contributed by atoms with E-state index in [4.69, 9.17) is 16.6 Å². The average molecular weight is 502 g/mol. The number of aromatic nitrogens is 6. The summed E-state index contributed by atoms with van der Waals surface area (Å²) in [6, 6.07) is 15.5. The number of hydrogen-bond donors (Lipinski definition) is 3. The number of rotatable bonds is 5. The Kier molecular flexibility index (Phi) is 5.06. The Morgan fingerprint density at radius 3 is 2.71 bits per heavy atom. The lowest BCUT2D eigenvalue weighted by atomic mass is 9.97. The summed E-state index contributed by atoms with van der Waals surface area (Å²) < 4.78 is 1.98. The smallest absolute Gasteiger partial charge is 0.210 e. The molecule has 0 aliphatic rings. The van der Waals surface area contributed by atoms with Crippen molar-refractivity contribution in [1.82, 2.24) is 29.8 Å². The van der Waals surface area contributed by atoms with Gasteiger partial charge < -0.3 is 14.8 Å². The normalized spacial score (nSPS) is 12.0. The predicted octanol–water partition coefficient (Wildman–Crippen LogP) is 6.02. The molecule has 10 heteroatoms. The van der Waals surface area contributed by atoms with Gasteiger partial charge in [-0.3, -0.25) is 5.10 Å². The minimum Gasteiger partial charge on any atom is -0.386 e. The molecule has 4 aromatic heterocycles. The largest absolute Gasteiger partial charge is 0.386 e. The second-order valence-corrected chi connectivity index (χ2v) is 10.1. The van der Waals surface area contributed by atoms with Crippen molar-refractivity contribution in [2.24, 2.45) is 0 Å². The van der Waals surface area contributed by atoms with Crippen molar-refractivity contribution < 1.29 is 5.11 Å². The lowest BCUT2D eigenvalue weighted by Crippen LogP contribution is -2.14. The molecule has 0 saturated heterocycles. The maximum Gasteiger partial charge on any atom is 0.210 e. The van der Waals surface area contributed by atoms with E-state index in [0.29, 0.717) is 10.2 Å². The Morgan fingerprint density at radius 1 is 1.09 bits per heavy atom. The van der Waals surface area contributed by atoms with E-state index in [1.54, 1.807) is 20.0 Å². The number of aromatic amines is 1. The van der Waals surface area contributed by atoms with Gasteiger partial charge in [0.15, 0.2) is 5.01 Å². The molecule has 0 bridgehead atoms. The maximum atomic E-state index is 10.2. The Morgan fingerprint density at radius 2 is 1.91 bits per heavy atom. The Balaban J connectivity index is 1.32. The molecule has 35 heavy (non-hydrogen) atoms. The average Bonchev–Trinajstić information content (AvgIpc) is 3.60. The van der Waals surface area contributed by atoms with Crippen LogP contribution in [0.1, 0.15) is 19.4 Å². The van der Waals surface area contributed by atoms with E-state index in [2.05, 4.69) is 25.7 Å². The van der Waals surface area contributed by atoms with Crippen LogP contribution in [0.3, 0.4) is 0 Å². The topological polar surface area (TPSA) is 104 Å². The number of fused-ring (bicyclic) bond motifs is 2. The summed E-state index contributed by atoms with van der Waals surface area (Å²) in [6.45, 7) is 3.54. The Hall–Kier alpha value is -3.79. The highest BCUT2D eigenvalue weighted by Gasteiger charge is 2.17. The van der Waals surface area contributed by atoms with Gasteiger partial charge in [-0.25, -0.2) is 4.98 Å². The summed E-state index contributed by atoms with van der Waals surface area (Å²) in [4.78, 5) is 4.87. The van der Waals surface area contributed by atoms with Gasteiger partial charge in [-0.1, -0.05) is 47.2 Å². The number of aliphatic hydroxyl groups is 1. The molecule has 0 fully saturated rings. The molecule has 0 amide bonds. The van der Waals surface area contributed by atoms with E-state index in [0.717, 1.165) is 49.6 Å².